The number of carbonyl (C=O) groups excluding carboxylic acids is 2. The number of alkyl carbamates (subject to hydrolysis) is 1. The van der Waals surface area contributed by atoms with Crippen molar-refractivity contribution in [2.24, 2.45) is 5.73 Å². The van der Waals surface area contributed by atoms with Gasteiger partial charge in [0.15, 0.2) is 0 Å². The molecule has 4 N–H and O–H groups in total. The van der Waals surface area contributed by atoms with Gasteiger partial charge in [-0.1, -0.05) is 81.4 Å². The minimum atomic E-state index is -2.57. The van der Waals surface area contributed by atoms with Gasteiger partial charge in [-0.3, -0.25) is 4.79 Å². The second-order valence-electron chi connectivity index (χ2n) is 11.9. The van der Waals surface area contributed by atoms with E-state index in [4.69, 9.17) is 24.4 Å². The van der Waals surface area contributed by atoms with E-state index in [0.717, 1.165) is 0 Å². The third-order valence-electron chi connectivity index (χ3n) is 6.34. The second kappa shape index (κ2) is 16.6. The SMILES string of the molecule is CC(C)(C)OC(=O)NCC[C@H](N)C(=O)NCCOCCOCCO[Si](c1ccccc1)(c1ccccc1)C(C)(C)C. The monoisotopic (exact) mass is 587 g/mol. The van der Waals surface area contributed by atoms with Crippen molar-refractivity contribution in [1.82, 2.24) is 10.6 Å². The van der Waals surface area contributed by atoms with Gasteiger partial charge in [0.25, 0.3) is 8.32 Å². The Bertz CT molecular complexity index is 1000. The quantitative estimate of drug-likeness (QED) is 0.204. The normalized spacial score (nSPS) is 13.0. The Kier molecular flexibility index (Phi) is 14.0. The highest BCUT2D eigenvalue weighted by molar-refractivity contribution is 6.99. The van der Waals surface area contributed by atoms with Crippen LogP contribution in [-0.2, 0) is 23.4 Å². The largest absolute Gasteiger partial charge is 0.444 e. The number of ether oxygens (including phenoxy) is 3. The lowest BCUT2D eigenvalue weighted by atomic mass is 10.2. The van der Waals surface area contributed by atoms with Crippen molar-refractivity contribution < 1.29 is 28.2 Å². The fraction of sp³-hybridized carbons (Fsp3) is 0.548. The van der Waals surface area contributed by atoms with Gasteiger partial charge < -0.3 is 35.0 Å². The van der Waals surface area contributed by atoms with E-state index in [-0.39, 0.29) is 17.5 Å². The van der Waals surface area contributed by atoms with Gasteiger partial charge in [0.1, 0.15) is 5.60 Å². The van der Waals surface area contributed by atoms with Crippen LogP contribution >= 0.6 is 0 Å². The van der Waals surface area contributed by atoms with Crippen molar-refractivity contribution in [2.75, 3.05) is 46.1 Å². The Morgan fingerprint density at radius 1 is 0.756 bits per heavy atom. The molecule has 228 valence electrons. The Morgan fingerprint density at radius 2 is 1.27 bits per heavy atom. The van der Waals surface area contributed by atoms with E-state index in [2.05, 4.69) is 79.9 Å². The van der Waals surface area contributed by atoms with E-state index in [1.165, 1.54) is 10.4 Å². The van der Waals surface area contributed by atoms with Crippen LogP contribution in [0.1, 0.15) is 48.0 Å². The minimum absolute atomic E-state index is 0.0829. The molecule has 0 saturated heterocycles. The van der Waals surface area contributed by atoms with Crippen LogP contribution < -0.4 is 26.7 Å². The van der Waals surface area contributed by atoms with Crippen LogP contribution in [0.3, 0.4) is 0 Å². The lowest BCUT2D eigenvalue weighted by Gasteiger charge is -2.43. The maximum absolute atomic E-state index is 12.1. The van der Waals surface area contributed by atoms with Crippen LogP contribution in [0.2, 0.25) is 5.04 Å². The van der Waals surface area contributed by atoms with Crippen molar-refractivity contribution in [2.45, 2.75) is 64.6 Å². The van der Waals surface area contributed by atoms with Crippen LogP contribution in [0.25, 0.3) is 0 Å². The van der Waals surface area contributed by atoms with Crippen molar-refractivity contribution in [3.63, 3.8) is 0 Å². The number of hydrogen-bond acceptors (Lipinski definition) is 7. The summed E-state index contributed by atoms with van der Waals surface area (Å²) in [6, 6.07) is 20.3. The van der Waals surface area contributed by atoms with Gasteiger partial charge in [0.2, 0.25) is 5.91 Å². The van der Waals surface area contributed by atoms with Gasteiger partial charge >= 0.3 is 6.09 Å². The van der Waals surface area contributed by atoms with Crippen LogP contribution in [0, 0.1) is 0 Å². The maximum Gasteiger partial charge on any atom is 0.407 e. The first kappa shape index (κ1) is 34.4. The molecule has 0 saturated carbocycles. The topological polar surface area (TPSA) is 121 Å². The summed E-state index contributed by atoms with van der Waals surface area (Å²) in [7, 11) is -2.57. The highest BCUT2D eigenvalue weighted by atomic mass is 28.4. The zero-order valence-electron chi connectivity index (χ0n) is 25.5. The average Bonchev–Trinajstić information content (AvgIpc) is 2.91. The Hall–Kier alpha value is -2.76. The van der Waals surface area contributed by atoms with Crippen molar-refractivity contribution >= 4 is 30.7 Å². The summed E-state index contributed by atoms with van der Waals surface area (Å²) >= 11 is 0. The van der Waals surface area contributed by atoms with E-state index in [1.807, 2.05) is 12.1 Å². The van der Waals surface area contributed by atoms with Crippen LogP contribution in [0.5, 0.6) is 0 Å². The molecule has 0 fully saturated rings. The first-order valence-electron chi connectivity index (χ1n) is 14.3. The molecule has 2 amide bonds. The molecule has 2 rings (SSSR count). The molecule has 10 heteroatoms. The molecule has 0 spiro atoms. The Labute approximate surface area is 246 Å². The lowest BCUT2D eigenvalue weighted by molar-refractivity contribution is -0.122. The smallest absolute Gasteiger partial charge is 0.407 e. The molecule has 0 unspecified atom stereocenters. The number of rotatable bonds is 16. The fourth-order valence-electron chi connectivity index (χ4n) is 4.49. The molecule has 41 heavy (non-hydrogen) atoms. The first-order chi connectivity index (χ1) is 19.4. The first-order valence-corrected chi connectivity index (χ1v) is 16.2. The highest BCUT2D eigenvalue weighted by Crippen LogP contribution is 2.36. The number of hydrogen-bond donors (Lipinski definition) is 3. The molecule has 2 aromatic rings. The summed E-state index contributed by atoms with van der Waals surface area (Å²) in [6.45, 7) is 14.8. The second-order valence-corrected chi connectivity index (χ2v) is 16.2. The fourth-order valence-corrected chi connectivity index (χ4v) is 9.03. The molecular weight excluding hydrogens is 538 g/mol. The summed E-state index contributed by atoms with van der Waals surface area (Å²) in [6.07, 6.45) is -0.231. The number of nitrogens with one attached hydrogen (secondary N) is 2. The molecule has 0 aliphatic rings. The van der Waals surface area contributed by atoms with Crippen molar-refractivity contribution in [3.8, 4) is 0 Å². The average molecular weight is 588 g/mol. The van der Waals surface area contributed by atoms with Gasteiger partial charge in [-0.05, 0) is 42.6 Å². The summed E-state index contributed by atoms with van der Waals surface area (Å²) in [5, 5.41) is 7.73. The van der Waals surface area contributed by atoms with Gasteiger partial charge in [-0.2, -0.15) is 0 Å². The van der Waals surface area contributed by atoms with Crippen LogP contribution in [-0.4, -0.2) is 78.1 Å². The van der Waals surface area contributed by atoms with Gasteiger partial charge in [0, 0.05) is 13.1 Å². The van der Waals surface area contributed by atoms with Crippen molar-refractivity contribution in [1.29, 1.82) is 0 Å². The number of benzene rings is 2. The molecule has 0 aliphatic carbocycles. The number of amides is 2. The number of nitrogens with two attached hydrogens (primary N) is 1. The van der Waals surface area contributed by atoms with Gasteiger partial charge in [0.05, 0.1) is 39.1 Å². The minimum Gasteiger partial charge on any atom is -0.444 e. The van der Waals surface area contributed by atoms with Crippen LogP contribution in [0.4, 0.5) is 4.79 Å². The van der Waals surface area contributed by atoms with E-state index in [9.17, 15) is 9.59 Å². The van der Waals surface area contributed by atoms with Gasteiger partial charge in [-0.25, -0.2) is 4.79 Å². The summed E-state index contributed by atoms with van der Waals surface area (Å²) in [4.78, 5) is 23.8. The van der Waals surface area contributed by atoms with E-state index in [0.29, 0.717) is 46.0 Å². The third kappa shape index (κ3) is 11.6. The molecule has 0 bridgehead atoms. The lowest BCUT2D eigenvalue weighted by Crippen LogP contribution is -2.66. The molecule has 0 aromatic heterocycles. The molecular formula is C31H49N3O6Si. The third-order valence-corrected chi connectivity index (χ3v) is 11.4. The van der Waals surface area contributed by atoms with Crippen LogP contribution in [0.15, 0.2) is 60.7 Å². The highest BCUT2D eigenvalue weighted by Gasteiger charge is 2.50. The molecule has 0 heterocycles. The molecule has 0 aliphatic heterocycles. The van der Waals surface area contributed by atoms with Crippen molar-refractivity contribution in [3.05, 3.63) is 60.7 Å². The zero-order valence-corrected chi connectivity index (χ0v) is 26.5. The predicted molar refractivity (Wildman–Crippen MR) is 165 cm³/mol. The van der Waals surface area contributed by atoms with Gasteiger partial charge in [-0.15, -0.1) is 0 Å². The number of carbonyl (C=O) groups is 2. The van der Waals surface area contributed by atoms with E-state index in [1.54, 1.807) is 20.8 Å². The Balaban J connectivity index is 1.67. The van der Waals surface area contributed by atoms with E-state index >= 15 is 0 Å². The molecule has 0 radical (unpaired) electrons. The summed E-state index contributed by atoms with van der Waals surface area (Å²) in [5.41, 5.74) is 5.32. The predicted octanol–water partition coefficient (Wildman–Crippen LogP) is 2.95. The molecule has 9 nitrogen and oxygen atoms in total. The Morgan fingerprint density at radius 3 is 1.78 bits per heavy atom. The molecule has 2 aromatic carbocycles. The summed E-state index contributed by atoms with van der Waals surface area (Å²) in [5.74, 6) is -0.295. The maximum atomic E-state index is 12.1. The standard InChI is InChI=1S/C31H49N3O6Si/c1-30(2,3)40-29(36)34-18-17-27(32)28(35)33-19-20-37-21-22-38-23-24-39-41(31(4,5)6,25-13-9-7-10-14-25)26-15-11-8-12-16-26/h7-16,27H,17-24,32H2,1-6H3,(H,33,35)(H,34,36)/t27-/m0/s1. The zero-order chi connectivity index (χ0) is 30.4. The summed E-state index contributed by atoms with van der Waals surface area (Å²) < 4.78 is 23.3. The molecule has 1 atom stereocenters. The van der Waals surface area contributed by atoms with E-state index < -0.39 is 26.1 Å².